The van der Waals surface area contributed by atoms with Gasteiger partial charge in [0.05, 0.1) is 29.2 Å². The molecule has 2 aromatic rings. The molecule has 3 amide bonds. The number of aliphatic hydroxyl groups excluding tert-OH is 1. The van der Waals surface area contributed by atoms with Crippen molar-refractivity contribution in [3.63, 3.8) is 0 Å². The van der Waals surface area contributed by atoms with Gasteiger partial charge in [-0.2, -0.15) is 0 Å². The summed E-state index contributed by atoms with van der Waals surface area (Å²) >= 11 is 1.57. The quantitative estimate of drug-likeness (QED) is 0.446. The molecule has 1 N–H and O–H groups in total. The van der Waals surface area contributed by atoms with Crippen molar-refractivity contribution in [2.24, 2.45) is 17.8 Å². The summed E-state index contributed by atoms with van der Waals surface area (Å²) in [7, 11) is 0. The van der Waals surface area contributed by atoms with Crippen LogP contribution in [-0.4, -0.2) is 82.6 Å². The minimum absolute atomic E-state index is 0.0898. The van der Waals surface area contributed by atoms with Crippen LogP contribution in [0.2, 0.25) is 0 Å². The van der Waals surface area contributed by atoms with Gasteiger partial charge in [-0.25, -0.2) is 0 Å². The number of hydrogen-bond donors (Lipinski definition) is 1. The molecule has 2 aromatic carbocycles. The molecule has 2 fully saturated rings. The van der Waals surface area contributed by atoms with Gasteiger partial charge in [0.2, 0.25) is 11.8 Å². The van der Waals surface area contributed by atoms with Crippen molar-refractivity contribution >= 4 is 46.5 Å². The van der Waals surface area contributed by atoms with Gasteiger partial charge in [0.1, 0.15) is 6.04 Å². The third-order valence-corrected chi connectivity index (χ3v) is 11.5. The maximum Gasteiger partial charge on any atom is 0.251 e. The van der Waals surface area contributed by atoms with E-state index < -0.39 is 28.7 Å². The second-order valence-electron chi connectivity index (χ2n) is 12.3. The summed E-state index contributed by atoms with van der Waals surface area (Å²) in [4.78, 5) is 51.3. The lowest BCUT2D eigenvalue weighted by Crippen LogP contribution is -2.57. The highest BCUT2D eigenvalue weighted by molar-refractivity contribution is 8.02. The Labute approximate surface area is 264 Å². The van der Waals surface area contributed by atoms with Gasteiger partial charge in [-0.3, -0.25) is 14.4 Å². The van der Waals surface area contributed by atoms with Crippen molar-refractivity contribution in [1.29, 1.82) is 0 Å². The van der Waals surface area contributed by atoms with Gasteiger partial charge in [-0.15, -0.1) is 11.8 Å². The molecule has 0 bridgehead atoms. The molecule has 0 radical (unpaired) electrons. The molecule has 2 saturated heterocycles. The smallest absolute Gasteiger partial charge is 0.251 e. The number of para-hydroxylation sites is 1. The topological polar surface area (TPSA) is 84.4 Å². The van der Waals surface area contributed by atoms with Gasteiger partial charge in [0, 0.05) is 48.5 Å². The number of carbonyl (C=O) groups is 3. The Hall–Kier alpha value is -3.56. The molecular formula is C35H42N4O4S. The molecule has 8 nitrogen and oxygen atoms in total. The fraction of sp³-hybridized carbons (Fsp3) is 0.457. The number of thioether (sulfide) groups is 1. The Morgan fingerprint density at radius 2 is 1.52 bits per heavy atom. The van der Waals surface area contributed by atoms with Gasteiger partial charge < -0.3 is 24.7 Å². The van der Waals surface area contributed by atoms with Crippen LogP contribution in [0.4, 0.5) is 17.1 Å². The Bertz CT molecular complexity index is 1460. The first-order chi connectivity index (χ1) is 21.3. The predicted octanol–water partition coefficient (Wildman–Crippen LogP) is 4.35. The van der Waals surface area contributed by atoms with Crippen molar-refractivity contribution in [3.8, 4) is 0 Å². The van der Waals surface area contributed by atoms with Crippen LogP contribution < -0.4 is 14.7 Å². The molecule has 232 valence electrons. The van der Waals surface area contributed by atoms with E-state index in [1.54, 1.807) is 26.5 Å². The number of amides is 3. The number of fused-ring (bicyclic) bond motifs is 2. The van der Waals surface area contributed by atoms with Crippen molar-refractivity contribution in [2.75, 3.05) is 47.5 Å². The third-order valence-electron chi connectivity index (χ3n) is 9.77. The molecule has 9 heteroatoms. The first-order valence-electron chi connectivity index (χ1n) is 15.7. The molecule has 1 spiro atoms. The fourth-order valence-corrected chi connectivity index (χ4v) is 9.55. The lowest BCUT2D eigenvalue weighted by atomic mass is 9.78. The molecule has 6 atom stereocenters. The minimum Gasteiger partial charge on any atom is -0.394 e. The van der Waals surface area contributed by atoms with E-state index in [-0.39, 0.29) is 35.5 Å². The van der Waals surface area contributed by atoms with Crippen LogP contribution in [0.25, 0.3) is 0 Å². The summed E-state index contributed by atoms with van der Waals surface area (Å²) < 4.78 is -0.943. The first-order valence-corrected chi connectivity index (χ1v) is 16.6. The van der Waals surface area contributed by atoms with E-state index in [4.69, 9.17) is 0 Å². The zero-order valence-corrected chi connectivity index (χ0v) is 26.7. The van der Waals surface area contributed by atoms with Crippen LogP contribution in [0.5, 0.6) is 0 Å². The molecule has 1 unspecified atom stereocenters. The molecule has 4 aliphatic heterocycles. The van der Waals surface area contributed by atoms with Gasteiger partial charge in [-0.1, -0.05) is 56.4 Å². The molecular weight excluding hydrogens is 572 g/mol. The van der Waals surface area contributed by atoms with Gasteiger partial charge in [0.25, 0.3) is 5.91 Å². The Kier molecular flexibility index (Phi) is 8.37. The number of anilines is 3. The van der Waals surface area contributed by atoms with Crippen molar-refractivity contribution in [3.05, 3.63) is 78.9 Å². The number of hydrogen-bond acceptors (Lipinski definition) is 6. The normalized spacial score (nSPS) is 28.6. The van der Waals surface area contributed by atoms with E-state index >= 15 is 0 Å². The second-order valence-corrected chi connectivity index (χ2v) is 13.8. The van der Waals surface area contributed by atoms with Crippen molar-refractivity contribution < 1.29 is 19.5 Å². The summed E-state index contributed by atoms with van der Waals surface area (Å²) in [6, 6.07) is 16.1. The van der Waals surface area contributed by atoms with Crippen LogP contribution in [-0.2, 0) is 14.4 Å². The monoisotopic (exact) mass is 614 g/mol. The van der Waals surface area contributed by atoms with Gasteiger partial charge >= 0.3 is 0 Å². The number of benzene rings is 2. The highest BCUT2D eigenvalue weighted by Crippen LogP contribution is 2.61. The highest BCUT2D eigenvalue weighted by Gasteiger charge is 2.72. The molecule has 44 heavy (non-hydrogen) atoms. The summed E-state index contributed by atoms with van der Waals surface area (Å²) in [5, 5.41) is 10.3. The van der Waals surface area contributed by atoms with Gasteiger partial charge in [-0.05, 0) is 56.2 Å². The zero-order chi connectivity index (χ0) is 31.2. The maximum absolute atomic E-state index is 14.8. The lowest BCUT2D eigenvalue weighted by molar-refractivity contribution is -0.142. The standard InChI is InChI=1S/C35H42N4O4S/c1-5-36(6-2)24-15-17-26(18-16-24)38-21-11-19-35-30(33(42)39(31(35)34(38)43)27(22-40)23(3)4)29-28(44-35)14-10-20-37(32(29)41)25-12-8-7-9-13-25/h7-19,23,27-31,40H,5-6,20-22H2,1-4H3/t27-,28-,29+,30-,31?,35-/m0/s1. The molecule has 0 saturated carbocycles. The van der Waals surface area contributed by atoms with E-state index in [2.05, 4.69) is 24.8 Å². The number of nitrogens with zero attached hydrogens (tertiary/aromatic N) is 4. The van der Waals surface area contributed by atoms with Crippen molar-refractivity contribution in [1.82, 2.24) is 4.90 Å². The second kappa shape index (κ2) is 12.1. The number of likely N-dealkylation sites (tertiary alicyclic amines) is 1. The molecule has 0 aromatic heterocycles. The van der Waals surface area contributed by atoms with E-state index in [9.17, 15) is 19.5 Å². The van der Waals surface area contributed by atoms with E-state index in [1.165, 1.54) is 0 Å². The average Bonchev–Trinajstić information content (AvgIpc) is 3.34. The summed E-state index contributed by atoms with van der Waals surface area (Å²) in [6.07, 6.45) is 8.08. The zero-order valence-electron chi connectivity index (χ0n) is 25.9. The number of rotatable bonds is 8. The Morgan fingerprint density at radius 3 is 2.16 bits per heavy atom. The van der Waals surface area contributed by atoms with E-state index in [0.29, 0.717) is 13.1 Å². The highest BCUT2D eigenvalue weighted by atomic mass is 32.2. The van der Waals surface area contributed by atoms with Crippen molar-refractivity contribution in [2.45, 2.75) is 49.8 Å². The third kappa shape index (κ3) is 4.76. The minimum atomic E-state index is -0.943. The molecule has 6 rings (SSSR count). The van der Waals surface area contributed by atoms with Crippen LogP contribution in [0.15, 0.2) is 78.9 Å². The fourth-order valence-electron chi connectivity index (χ4n) is 7.56. The Morgan fingerprint density at radius 1 is 0.886 bits per heavy atom. The van der Waals surface area contributed by atoms with Crippen LogP contribution >= 0.6 is 11.8 Å². The first kappa shape index (κ1) is 30.5. The molecule has 0 aliphatic carbocycles. The number of aliphatic hydroxyl groups is 1. The Balaban J connectivity index is 1.43. The SMILES string of the molecule is CCN(CC)c1ccc(N2CC=C[C@]34S[C@H]5C=CCN(c6ccccc6)C(=O)[C@H]5[C@H]3C(=O)N([C@@H](CO)C(C)C)C4C2=O)cc1. The van der Waals surface area contributed by atoms with Crippen LogP contribution in [0, 0.1) is 17.8 Å². The lowest BCUT2D eigenvalue weighted by Gasteiger charge is -2.39. The van der Waals surface area contributed by atoms with E-state index in [0.717, 1.165) is 30.2 Å². The average molecular weight is 615 g/mol. The molecule has 4 aliphatic rings. The maximum atomic E-state index is 14.8. The summed E-state index contributed by atoms with van der Waals surface area (Å²) in [5.41, 5.74) is 2.64. The predicted molar refractivity (Wildman–Crippen MR) is 177 cm³/mol. The largest absolute Gasteiger partial charge is 0.394 e. The van der Waals surface area contributed by atoms with Gasteiger partial charge in [0.15, 0.2) is 0 Å². The van der Waals surface area contributed by atoms with Crippen LogP contribution in [0.3, 0.4) is 0 Å². The van der Waals surface area contributed by atoms with E-state index in [1.807, 2.05) is 86.7 Å². The summed E-state index contributed by atoms with van der Waals surface area (Å²) in [5.74, 6) is -1.97. The van der Waals surface area contributed by atoms with Crippen LogP contribution in [0.1, 0.15) is 27.7 Å². The molecule has 4 heterocycles. The number of carbonyl (C=O) groups excluding carboxylic acids is 3. The summed E-state index contributed by atoms with van der Waals surface area (Å²) in [6.45, 7) is 10.4.